The quantitative estimate of drug-likeness (QED) is 0.548. The Morgan fingerprint density at radius 1 is 1.19 bits per heavy atom. The minimum Gasteiger partial charge on any atom is -0.383 e. The second-order valence-electron chi connectivity index (χ2n) is 5.96. The van der Waals surface area contributed by atoms with Gasteiger partial charge in [0.25, 0.3) is 0 Å². The summed E-state index contributed by atoms with van der Waals surface area (Å²) in [6.07, 6.45) is 0.799. The molecule has 6 nitrogen and oxygen atoms in total. The van der Waals surface area contributed by atoms with Gasteiger partial charge in [-0.2, -0.15) is 10.1 Å². The molecule has 0 spiro atoms. The summed E-state index contributed by atoms with van der Waals surface area (Å²) >= 11 is 1.67. The van der Waals surface area contributed by atoms with Gasteiger partial charge in [-0.3, -0.25) is 4.68 Å². The lowest BCUT2D eigenvalue weighted by molar-refractivity contribution is 0.511. The summed E-state index contributed by atoms with van der Waals surface area (Å²) in [5, 5.41) is 9.79. The molecule has 0 atom stereocenters. The van der Waals surface area contributed by atoms with Crippen molar-refractivity contribution in [2.75, 3.05) is 17.6 Å². The Morgan fingerprint density at radius 2 is 2.04 bits per heavy atom. The number of nitrogens with two attached hydrogens (primary N) is 1. The third kappa shape index (κ3) is 3.21. The summed E-state index contributed by atoms with van der Waals surface area (Å²) < 4.78 is 29.6. The minimum absolute atomic E-state index is 0.0170. The van der Waals surface area contributed by atoms with Gasteiger partial charge < -0.3 is 11.1 Å². The van der Waals surface area contributed by atoms with Crippen molar-refractivity contribution in [2.24, 2.45) is 7.05 Å². The summed E-state index contributed by atoms with van der Waals surface area (Å²) in [4.78, 5) is 10.00. The molecular weight excluding hydrogens is 370 g/mol. The third-order valence-electron chi connectivity index (χ3n) is 4.18. The van der Waals surface area contributed by atoms with Crippen molar-refractivity contribution in [3.05, 3.63) is 52.2 Å². The number of rotatable bonds is 5. The number of nitrogens with zero attached hydrogens (tertiary/aromatic N) is 4. The van der Waals surface area contributed by atoms with Gasteiger partial charge in [0.1, 0.15) is 5.82 Å². The molecule has 0 amide bonds. The van der Waals surface area contributed by atoms with Crippen LogP contribution in [0.1, 0.15) is 4.88 Å². The highest BCUT2D eigenvalue weighted by molar-refractivity contribution is 7.09. The third-order valence-corrected chi connectivity index (χ3v) is 5.12. The highest BCUT2D eigenvalue weighted by Crippen LogP contribution is 2.33. The molecular formula is C18H16F2N6S. The van der Waals surface area contributed by atoms with Crippen LogP contribution < -0.4 is 11.1 Å². The molecule has 0 fully saturated rings. The lowest BCUT2D eigenvalue weighted by Gasteiger charge is -2.09. The van der Waals surface area contributed by atoms with Gasteiger partial charge in [0.15, 0.2) is 17.3 Å². The summed E-state index contributed by atoms with van der Waals surface area (Å²) in [5.41, 5.74) is 6.61. The van der Waals surface area contributed by atoms with Crippen LogP contribution in [0.25, 0.3) is 22.3 Å². The topological polar surface area (TPSA) is 81.7 Å². The highest BCUT2D eigenvalue weighted by Gasteiger charge is 2.20. The monoisotopic (exact) mass is 386 g/mol. The fourth-order valence-corrected chi connectivity index (χ4v) is 3.54. The number of aryl methyl sites for hydroxylation is 1. The fraction of sp³-hybridized carbons (Fsp3) is 0.167. The molecule has 4 aromatic rings. The number of nitrogen functional groups attached to an aromatic ring is 1. The number of fused-ring (bicyclic) bond motifs is 1. The Bertz CT molecular complexity index is 1110. The van der Waals surface area contributed by atoms with Crippen molar-refractivity contribution < 1.29 is 8.78 Å². The number of thiophene rings is 1. The summed E-state index contributed by atoms with van der Waals surface area (Å²) in [6, 6.07) is 7.98. The van der Waals surface area contributed by atoms with Gasteiger partial charge in [-0.15, -0.1) is 11.3 Å². The van der Waals surface area contributed by atoms with Crippen LogP contribution >= 0.6 is 11.3 Å². The van der Waals surface area contributed by atoms with Crippen LogP contribution in [0, 0.1) is 11.6 Å². The average molecular weight is 386 g/mol. The zero-order chi connectivity index (χ0) is 19.0. The molecule has 3 aromatic heterocycles. The molecule has 0 saturated heterocycles. The molecule has 1 aromatic carbocycles. The van der Waals surface area contributed by atoms with Gasteiger partial charge in [0, 0.05) is 24.0 Å². The van der Waals surface area contributed by atoms with E-state index in [-0.39, 0.29) is 23.0 Å². The van der Waals surface area contributed by atoms with Crippen molar-refractivity contribution in [1.82, 2.24) is 19.7 Å². The Hall–Kier alpha value is -3.07. The fourth-order valence-electron chi connectivity index (χ4n) is 2.83. The number of nitrogens with one attached hydrogen (secondary N) is 1. The molecule has 0 unspecified atom stereocenters. The zero-order valence-corrected chi connectivity index (χ0v) is 15.2. The van der Waals surface area contributed by atoms with E-state index in [1.807, 2.05) is 17.5 Å². The average Bonchev–Trinajstić information content (AvgIpc) is 3.26. The van der Waals surface area contributed by atoms with Gasteiger partial charge >= 0.3 is 0 Å². The largest absolute Gasteiger partial charge is 0.383 e. The lowest BCUT2D eigenvalue weighted by atomic mass is 10.1. The molecule has 27 heavy (non-hydrogen) atoms. The summed E-state index contributed by atoms with van der Waals surface area (Å²) in [5.74, 6) is -1.36. The van der Waals surface area contributed by atoms with Crippen LogP contribution in [0.15, 0.2) is 35.7 Å². The van der Waals surface area contributed by atoms with Gasteiger partial charge in [0.2, 0.25) is 5.95 Å². The normalized spacial score (nSPS) is 11.2. The van der Waals surface area contributed by atoms with Crippen LogP contribution in [0.5, 0.6) is 0 Å². The van der Waals surface area contributed by atoms with E-state index >= 15 is 0 Å². The summed E-state index contributed by atoms with van der Waals surface area (Å²) in [7, 11) is 1.66. The predicted octanol–water partition coefficient (Wildman–Crippen LogP) is 3.61. The SMILES string of the molecule is Cn1nc2nc(NCCc3cccs3)nc(-c3cccc(F)c3F)c2c1N. The number of benzene rings is 1. The first kappa shape index (κ1) is 17.3. The van der Waals surface area contributed by atoms with E-state index in [0.717, 1.165) is 12.5 Å². The second kappa shape index (κ2) is 6.92. The Kier molecular flexibility index (Phi) is 4.44. The van der Waals surface area contributed by atoms with Crippen LogP contribution in [0.4, 0.5) is 20.5 Å². The van der Waals surface area contributed by atoms with Crippen molar-refractivity contribution in [2.45, 2.75) is 6.42 Å². The van der Waals surface area contributed by atoms with E-state index in [1.165, 1.54) is 21.7 Å². The van der Waals surface area contributed by atoms with E-state index in [1.54, 1.807) is 18.4 Å². The predicted molar refractivity (Wildman–Crippen MR) is 103 cm³/mol. The smallest absolute Gasteiger partial charge is 0.225 e. The molecule has 138 valence electrons. The molecule has 0 radical (unpaired) electrons. The van der Waals surface area contributed by atoms with Crippen LogP contribution in [-0.4, -0.2) is 26.3 Å². The van der Waals surface area contributed by atoms with Gasteiger partial charge in [-0.25, -0.2) is 13.8 Å². The van der Waals surface area contributed by atoms with Gasteiger partial charge in [-0.1, -0.05) is 12.1 Å². The molecule has 0 saturated carbocycles. The van der Waals surface area contributed by atoms with E-state index in [2.05, 4.69) is 20.4 Å². The number of anilines is 2. The standard InChI is InChI=1S/C18H16F2N6S/c1-26-16(21)13-15(11-5-2-6-12(19)14(11)20)23-18(24-17(13)25-26)22-8-7-10-4-3-9-27-10/h2-6,9H,7-8,21H2,1H3,(H,22,24,25). The highest BCUT2D eigenvalue weighted by atomic mass is 32.1. The second-order valence-corrected chi connectivity index (χ2v) is 6.99. The first-order valence-electron chi connectivity index (χ1n) is 8.25. The lowest BCUT2D eigenvalue weighted by Crippen LogP contribution is -2.08. The van der Waals surface area contributed by atoms with Gasteiger partial charge in [-0.05, 0) is 30.0 Å². The molecule has 3 N–H and O–H groups in total. The maximum absolute atomic E-state index is 14.4. The van der Waals surface area contributed by atoms with Crippen molar-refractivity contribution in [1.29, 1.82) is 0 Å². The first-order valence-corrected chi connectivity index (χ1v) is 9.13. The molecule has 3 heterocycles. The zero-order valence-electron chi connectivity index (χ0n) is 14.4. The number of halogens is 2. The summed E-state index contributed by atoms with van der Waals surface area (Å²) in [6.45, 7) is 0.597. The molecule has 0 aliphatic carbocycles. The van der Waals surface area contributed by atoms with E-state index in [4.69, 9.17) is 5.73 Å². The number of aromatic nitrogens is 4. The first-order chi connectivity index (χ1) is 13.0. The number of hydrogen-bond donors (Lipinski definition) is 2. The van der Waals surface area contributed by atoms with E-state index in [9.17, 15) is 8.78 Å². The van der Waals surface area contributed by atoms with Crippen LogP contribution in [-0.2, 0) is 13.5 Å². The van der Waals surface area contributed by atoms with Gasteiger partial charge in [0.05, 0.1) is 11.1 Å². The maximum Gasteiger partial charge on any atom is 0.225 e. The molecule has 9 heteroatoms. The molecule has 0 bridgehead atoms. The van der Waals surface area contributed by atoms with Crippen LogP contribution in [0.3, 0.4) is 0 Å². The maximum atomic E-state index is 14.4. The van der Waals surface area contributed by atoms with E-state index in [0.29, 0.717) is 17.6 Å². The minimum atomic E-state index is -0.981. The van der Waals surface area contributed by atoms with Crippen LogP contribution in [0.2, 0.25) is 0 Å². The van der Waals surface area contributed by atoms with Crippen molar-refractivity contribution >= 4 is 34.1 Å². The Balaban J connectivity index is 1.77. The molecule has 4 rings (SSSR count). The Labute approximate surface area is 157 Å². The molecule has 0 aliphatic rings. The Morgan fingerprint density at radius 3 is 2.81 bits per heavy atom. The number of hydrogen-bond acceptors (Lipinski definition) is 6. The molecule has 0 aliphatic heterocycles. The van der Waals surface area contributed by atoms with Crippen molar-refractivity contribution in [3.63, 3.8) is 0 Å². The van der Waals surface area contributed by atoms with E-state index < -0.39 is 11.6 Å². The van der Waals surface area contributed by atoms with Crippen molar-refractivity contribution in [3.8, 4) is 11.3 Å².